The summed E-state index contributed by atoms with van der Waals surface area (Å²) in [6.07, 6.45) is 0. The third-order valence-corrected chi connectivity index (χ3v) is 2.38. The lowest BCUT2D eigenvalue weighted by Crippen LogP contribution is -2.03. The van der Waals surface area contributed by atoms with Crippen molar-refractivity contribution in [2.75, 3.05) is 5.73 Å². The maximum Gasteiger partial charge on any atom is 0.338 e. The van der Waals surface area contributed by atoms with Crippen molar-refractivity contribution in [3.63, 3.8) is 0 Å². The molecule has 0 aliphatic carbocycles. The first-order valence-electron chi connectivity index (χ1n) is 3.00. The molecule has 0 bridgehead atoms. The van der Waals surface area contributed by atoms with E-state index in [2.05, 4.69) is 31.9 Å². The highest BCUT2D eigenvalue weighted by Crippen LogP contribution is 2.27. The molecule has 0 aliphatic rings. The van der Waals surface area contributed by atoms with Gasteiger partial charge in [-0.2, -0.15) is 0 Å². The van der Waals surface area contributed by atoms with Crippen LogP contribution >= 0.6 is 31.9 Å². The van der Waals surface area contributed by atoms with E-state index in [1.165, 1.54) is 0 Å². The number of hydrogen-bond donors (Lipinski definition) is 2. The Morgan fingerprint density at radius 3 is 2.42 bits per heavy atom. The Bertz CT molecular complexity index is 315. The molecular weight excluding hydrogens is 290 g/mol. The van der Waals surface area contributed by atoms with Gasteiger partial charge < -0.3 is 10.8 Å². The molecule has 0 spiro atoms. The second kappa shape index (κ2) is 3.45. The first-order chi connectivity index (χ1) is 5.52. The monoisotopic (exact) mass is 293 g/mol. The second-order valence-electron chi connectivity index (χ2n) is 2.16. The molecule has 0 fully saturated rings. The van der Waals surface area contributed by atoms with Gasteiger partial charge in [-0.15, -0.1) is 0 Å². The zero-order chi connectivity index (χ0) is 9.30. The van der Waals surface area contributed by atoms with Crippen LogP contribution in [0.1, 0.15) is 10.4 Å². The summed E-state index contributed by atoms with van der Waals surface area (Å²) in [6, 6.07) is 3.19. The number of halogens is 2. The predicted molar refractivity (Wildman–Crippen MR) is 53.2 cm³/mol. The van der Waals surface area contributed by atoms with Crippen molar-refractivity contribution in [2.24, 2.45) is 0 Å². The summed E-state index contributed by atoms with van der Waals surface area (Å²) in [5, 5.41) is 8.71. The summed E-state index contributed by atoms with van der Waals surface area (Å²) in [5.74, 6) is -1.04. The number of hydrogen-bond acceptors (Lipinski definition) is 2. The Hall–Kier alpha value is -0.550. The van der Waals surface area contributed by atoms with E-state index in [1.807, 2.05) is 0 Å². The molecule has 1 aromatic carbocycles. The molecule has 12 heavy (non-hydrogen) atoms. The van der Waals surface area contributed by atoms with Crippen molar-refractivity contribution in [3.8, 4) is 0 Å². The number of nitrogen functional groups attached to an aromatic ring is 1. The van der Waals surface area contributed by atoms with E-state index in [-0.39, 0.29) is 11.3 Å². The summed E-state index contributed by atoms with van der Waals surface area (Å²) in [7, 11) is 0. The molecular formula is C7H5Br2NO2. The molecule has 3 N–H and O–H groups in total. The topological polar surface area (TPSA) is 63.3 Å². The molecule has 0 radical (unpaired) electrons. The van der Waals surface area contributed by atoms with Crippen LogP contribution in [0.2, 0.25) is 0 Å². The number of anilines is 1. The molecule has 0 atom stereocenters. The van der Waals surface area contributed by atoms with Crippen LogP contribution in [0.5, 0.6) is 0 Å². The van der Waals surface area contributed by atoms with E-state index in [4.69, 9.17) is 10.8 Å². The summed E-state index contributed by atoms with van der Waals surface area (Å²) >= 11 is 6.30. The van der Waals surface area contributed by atoms with E-state index in [0.29, 0.717) is 4.47 Å². The number of benzene rings is 1. The van der Waals surface area contributed by atoms with E-state index in [1.54, 1.807) is 12.1 Å². The van der Waals surface area contributed by atoms with Gasteiger partial charge in [-0.05, 0) is 28.1 Å². The highest BCUT2D eigenvalue weighted by atomic mass is 79.9. The molecule has 0 heterocycles. The van der Waals surface area contributed by atoms with Crippen molar-refractivity contribution in [1.29, 1.82) is 0 Å². The first-order valence-corrected chi connectivity index (χ1v) is 4.59. The van der Waals surface area contributed by atoms with Crippen molar-refractivity contribution in [1.82, 2.24) is 0 Å². The molecule has 3 nitrogen and oxygen atoms in total. The van der Waals surface area contributed by atoms with Crippen LogP contribution in [0.3, 0.4) is 0 Å². The molecule has 0 unspecified atom stereocenters. The SMILES string of the molecule is Nc1cc(Br)cc(Br)c1C(=O)O. The summed E-state index contributed by atoms with van der Waals surface area (Å²) in [4.78, 5) is 10.6. The number of carboxylic acids is 1. The van der Waals surface area contributed by atoms with Gasteiger partial charge in [0, 0.05) is 14.6 Å². The normalized spacial score (nSPS) is 9.83. The highest BCUT2D eigenvalue weighted by molar-refractivity contribution is 9.11. The zero-order valence-electron chi connectivity index (χ0n) is 5.84. The summed E-state index contributed by atoms with van der Waals surface area (Å²) in [5.41, 5.74) is 5.82. The van der Waals surface area contributed by atoms with Gasteiger partial charge in [0.1, 0.15) is 0 Å². The fraction of sp³-hybridized carbons (Fsp3) is 0. The fourth-order valence-corrected chi connectivity index (χ4v) is 2.25. The van der Waals surface area contributed by atoms with Gasteiger partial charge in [0.05, 0.1) is 5.56 Å². The molecule has 0 saturated carbocycles. The number of nitrogens with two attached hydrogens (primary N) is 1. The van der Waals surface area contributed by atoms with Crippen LogP contribution in [-0.2, 0) is 0 Å². The van der Waals surface area contributed by atoms with Crippen LogP contribution in [0.4, 0.5) is 5.69 Å². The van der Waals surface area contributed by atoms with Gasteiger partial charge in [-0.3, -0.25) is 0 Å². The number of carbonyl (C=O) groups is 1. The van der Waals surface area contributed by atoms with E-state index >= 15 is 0 Å². The van der Waals surface area contributed by atoms with Crippen LogP contribution in [0.25, 0.3) is 0 Å². The number of aromatic carboxylic acids is 1. The van der Waals surface area contributed by atoms with Crippen LogP contribution in [-0.4, -0.2) is 11.1 Å². The molecule has 1 rings (SSSR count). The molecule has 0 aromatic heterocycles. The first kappa shape index (κ1) is 9.54. The Balaban J connectivity index is 3.38. The van der Waals surface area contributed by atoms with Crippen molar-refractivity contribution < 1.29 is 9.90 Å². The van der Waals surface area contributed by atoms with Gasteiger partial charge in [0.25, 0.3) is 0 Å². The zero-order valence-corrected chi connectivity index (χ0v) is 9.02. The van der Waals surface area contributed by atoms with Gasteiger partial charge in [0.2, 0.25) is 0 Å². The quantitative estimate of drug-likeness (QED) is 0.782. The Morgan fingerprint density at radius 1 is 1.42 bits per heavy atom. The van der Waals surface area contributed by atoms with Gasteiger partial charge in [-0.25, -0.2) is 4.79 Å². The predicted octanol–water partition coefficient (Wildman–Crippen LogP) is 2.49. The minimum absolute atomic E-state index is 0.0956. The van der Waals surface area contributed by atoms with Crippen LogP contribution in [0, 0.1) is 0 Å². The van der Waals surface area contributed by atoms with Crippen molar-refractivity contribution in [2.45, 2.75) is 0 Å². The maximum atomic E-state index is 10.6. The van der Waals surface area contributed by atoms with Crippen molar-refractivity contribution in [3.05, 3.63) is 26.6 Å². The highest BCUT2D eigenvalue weighted by Gasteiger charge is 2.12. The lowest BCUT2D eigenvalue weighted by atomic mass is 10.2. The lowest BCUT2D eigenvalue weighted by Gasteiger charge is -2.03. The molecule has 0 amide bonds. The third-order valence-electron chi connectivity index (χ3n) is 1.30. The van der Waals surface area contributed by atoms with Gasteiger partial charge in [0.15, 0.2) is 0 Å². The fourth-order valence-electron chi connectivity index (χ4n) is 0.819. The average Bonchev–Trinajstić information content (AvgIpc) is 1.82. The smallest absolute Gasteiger partial charge is 0.338 e. The van der Waals surface area contributed by atoms with E-state index < -0.39 is 5.97 Å². The lowest BCUT2D eigenvalue weighted by molar-refractivity contribution is 0.0697. The second-order valence-corrected chi connectivity index (χ2v) is 3.93. The Kier molecular flexibility index (Phi) is 2.74. The molecule has 0 aliphatic heterocycles. The van der Waals surface area contributed by atoms with Gasteiger partial charge >= 0.3 is 5.97 Å². The third kappa shape index (κ3) is 1.78. The Morgan fingerprint density at radius 2 is 2.00 bits per heavy atom. The molecule has 0 saturated heterocycles. The molecule has 5 heteroatoms. The number of rotatable bonds is 1. The molecule has 1 aromatic rings. The van der Waals surface area contributed by atoms with E-state index in [9.17, 15) is 4.79 Å². The largest absolute Gasteiger partial charge is 0.478 e. The maximum absolute atomic E-state index is 10.6. The standard InChI is InChI=1S/C7H5Br2NO2/c8-3-1-4(9)6(7(11)12)5(10)2-3/h1-2H,10H2,(H,11,12). The van der Waals surface area contributed by atoms with Crippen LogP contribution in [0.15, 0.2) is 21.1 Å². The summed E-state index contributed by atoms with van der Waals surface area (Å²) in [6.45, 7) is 0. The average molecular weight is 295 g/mol. The summed E-state index contributed by atoms with van der Waals surface area (Å²) < 4.78 is 1.22. The minimum atomic E-state index is -1.04. The molecule has 64 valence electrons. The van der Waals surface area contributed by atoms with E-state index in [0.717, 1.165) is 4.47 Å². The minimum Gasteiger partial charge on any atom is -0.478 e. The number of carboxylic acid groups (broad SMARTS) is 1. The van der Waals surface area contributed by atoms with Gasteiger partial charge in [-0.1, -0.05) is 15.9 Å². The van der Waals surface area contributed by atoms with Crippen molar-refractivity contribution >= 4 is 43.5 Å². The van der Waals surface area contributed by atoms with Crippen LogP contribution < -0.4 is 5.73 Å². The Labute approximate surface area is 85.8 Å².